The van der Waals surface area contributed by atoms with Gasteiger partial charge in [0.05, 0.1) is 6.54 Å². The highest BCUT2D eigenvalue weighted by atomic mass is 16.4. The van der Waals surface area contributed by atoms with Crippen LogP contribution < -0.4 is 5.32 Å². The molecule has 0 aliphatic carbocycles. The van der Waals surface area contributed by atoms with E-state index in [0.717, 1.165) is 4.90 Å². The molecule has 0 radical (unpaired) electrons. The van der Waals surface area contributed by atoms with Gasteiger partial charge in [-0.15, -0.1) is 0 Å². The summed E-state index contributed by atoms with van der Waals surface area (Å²) in [5.41, 5.74) is 0. The van der Waals surface area contributed by atoms with Gasteiger partial charge in [-0.05, 0) is 5.92 Å². The van der Waals surface area contributed by atoms with Gasteiger partial charge in [-0.2, -0.15) is 0 Å². The first-order chi connectivity index (χ1) is 6.91. The fourth-order valence-corrected chi connectivity index (χ4v) is 1.31. The number of nitrogens with one attached hydrogen (secondary N) is 1. The van der Waals surface area contributed by atoms with Crippen molar-refractivity contribution in [2.24, 2.45) is 5.92 Å². The highest BCUT2D eigenvalue weighted by molar-refractivity contribution is 5.85. The zero-order valence-electron chi connectivity index (χ0n) is 9.06. The number of amides is 2. The van der Waals surface area contributed by atoms with Crippen molar-refractivity contribution in [3.05, 3.63) is 0 Å². The normalized spacial score (nSPS) is 12.0. The van der Waals surface area contributed by atoms with Crippen LogP contribution in [-0.2, 0) is 14.4 Å². The Morgan fingerprint density at radius 3 is 2.33 bits per heavy atom. The van der Waals surface area contributed by atoms with Gasteiger partial charge in [0.2, 0.25) is 12.3 Å². The van der Waals surface area contributed by atoms with Crippen LogP contribution in [0.1, 0.15) is 13.8 Å². The molecule has 0 saturated carbocycles. The molecular formula is C9H16N2O4. The maximum Gasteiger partial charge on any atom is 0.326 e. The van der Waals surface area contributed by atoms with Crippen molar-refractivity contribution in [2.75, 3.05) is 13.6 Å². The smallest absolute Gasteiger partial charge is 0.326 e. The van der Waals surface area contributed by atoms with Crippen molar-refractivity contribution in [3.8, 4) is 0 Å². The van der Waals surface area contributed by atoms with Crippen LogP contribution in [0.4, 0.5) is 0 Å². The highest BCUT2D eigenvalue weighted by Gasteiger charge is 2.28. The average molecular weight is 216 g/mol. The lowest BCUT2D eigenvalue weighted by Gasteiger charge is -2.27. The van der Waals surface area contributed by atoms with Crippen molar-refractivity contribution < 1.29 is 19.5 Å². The lowest BCUT2D eigenvalue weighted by atomic mass is 10.0. The van der Waals surface area contributed by atoms with E-state index >= 15 is 0 Å². The predicted octanol–water partition coefficient (Wildman–Crippen LogP) is -0.700. The number of carboxylic acids is 1. The Kier molecular flexibility index (Phi) is 5.36. The minimum atomic E-state index is -1.05. The largest absolute Gasteiger partial charge is 0.480 e. The molecule has 0 saturated heterocycles. The van der Waals surface area contributed by atoms with Crippen LogP contribution in [-0.4, -0.2) is 47.9 Å². The number of hydrogen-bond donors (Lipinski definition) is 2. The summed E-state index contributed by atoms with van der Waals surface area (Å²) in [5, 5.41) is 11.1. The van der Waals surface area contributed by atoms with Gasteiger partial charge in [0.15, 0.2) is 0 Å². The lowest BCUT2D eigenvalue weighted by Crippen LogP contribution is -2.48. The summed E-state index contributed by atoms with van der Waals surface area (Å²) in [5.74, 6) is -1.66. The Morgan fingerprint density at radius 2 is 2.00 bits per heavy atom. The molecule has 2 N–H and O–H groups in total. The molecule has 2 amide bonds. The molecule has 0 aromatic rings. The molecule has 0 aromatic carbocycles. The molecule has 0 aliphatic rings. The number of rotatable bonds is 6. The monoisotopic (exact) mass is 216 g/mol. The molecule has 0 bridgehead atoms. The summed E-state index contributed by atoms with van der Waals surface area (Å²) < 4.78 is 0. The predicted molar refractivity (Wildman–Crippen MR) is 53.1 cm³/mol. The van der Waals surface area contributed by atoms with E-state index in [-0.39, 0.29) is 12.5 Å². The van der Waals surface area contributed by atoms with Gasteiger partial charge in [-0.1, -0.05) is 13.8 Å². The second kappa shape index (κ2) is 6.00. The van der Waals surface area contributed by atoms with E-state index in [0.29, 0.717) is 6.41 Å². The Labute approximate surface area is 88.2 Å². The molecule has 6 nitrogen and oxygen atoms in total. The van der Waals surface area contributed by atoms with E-state index in [1.807, 2.05) is 0 Å². The third-order valence-electron chi connectivity index (χ3n) is 2.03. The number of hydrogen-bond acceptors (Lipinski definition) is 3. The third-order valence-corrected chi connectivity index (χ3v) is 2.03. The third kappa shape index (κ3) is 3.97. The molecule has 0 spiro atoms. The van der Waals surface area contributed by atoms with E-state index in [4.69, 9.17) is 5.11 Å². The topological polar surface area (TPSA) is 86.7 Å². The molecule has 0 unspecified atom stereocenters. The van der Waals surface area contributed by atoms with Gasteiger partial charge in [-0.25, -0.2) is 4.79 Å². The van der Waals surface area contributed by atoms with Gasteiger partial charge in [0.1, 0.15) is 6.04 Å². The molecule has 0 aromatic heterocycles. The maximum atomic E-state index is 11.4. The lowest BCUT2D eigenvalue weighted by molar-refractivity contribution is -0.150. The van der Waals surface area contributed by atoms with Crippen LogP contribution in [0.15, 0.2) is 0 Å². The van der Waals surface area contributed by atoms with E-state index in [1.54, 1.807) is 13.8 Å². The first kappa shape index (κ1) is 13.4. The molecule has 15 heavy (non-hydrogen) atoms. The van der Waals surface area contributed by atoms with E-state index in [9.17, 15) is 14.4 Å². The summed E-state index contributed by atoms with van der Waals surface area (Å²) in [6.45, 7) is 3.25. The second-order valence-corrected chi connectivity index (χ2v) is 3.53. The van der Waals surface area contributed by atoms with Gasteiger partial charge in [0.25, 0.3) is 0 Å². The summed E-state index contributed by atoms with van der Waals surface area (Å²) >= 11 is 0. The number of likely N-dealkylation sites (N-methyl/N-ethyl adjacent to an activating group) is 1. The Hall–Kier alpha value is -1.59. The van der Waals surface area contributed by atoms with Crippen molar-refractivity contribution in [3.63, 3.8) is 0 Å². The molecule has 1 atom stereocenters. The fourth-order valence-electron chi connectivity index (χ4n) is 1.31. The number of carboxylic acid groups (broad SMARTS) is 1. The Morgan fingerprint density at radius 1 is 1.47 bits per heavy atom. The van der Waals surface area contributed by atoms with Crippen LogP contribution in [0, 0.1) is 5.92 Å². The molecule has 0 rings (SSSR count). The minimum absolute atomic E-state index is 0.184. The van der Waals surface area contributed by atoms with Gasteiger partial charge in [-0.3, -0.25) is 9.59 Å². The molecule has 0 heterocycles. The number of carbonyl (C=O) groups is 3. The van der Waals surface area contributed by atoms with Crippen molar-refractivity contribution >= 4 is 18.3 Å². The summed E-state index contributed by atoms with van der Waals surface area (Å²) in [6.07, 6.45) is 0.400. The molecular weight excluding hydrogens is 200 g/mol. The second-order valence-electron chi connectivity index (χ2n) is 3.53. The molecule has 0 aliphatic heterocycles. The van der Waals surface area contributed by atoms with Crippen LogP contribution >= 0.6 is 0 Å². The fraction of sp³-hybridized carbons (Fsp3) is 0.667. The van der Waals surface area contributed by atoms with E-state index in [1.165, 1.54) is 7.05 Å². The maximum absolute atomic E-state index is 11.4. The first-order valence-electron chi connectivity index (χ1n) is 4.57. The van der Waals surface area contributed by atoms with Crippen LogP contribution in [0.2, 0.25) is 0 Å². The first-order valence-corrected chi connectivity index (χ1v) is 4.57. The zero-order valence-corrected chi connectivity index (χ0v) is 9.06. The van der Waals surface area contributed by atoms with Crippen molar-refractivity contribution in [1.82, 2.24) is 10.2 Å². The van der Waals surface area contributed by atoms with Crippen LogP contribution in [0.25, 0.3) is 0 Å². The van der Waals surface area contributed by atoms with Crippen LogP contribution in [0.5, 0.6) is 0 Å². The van der Waals surface area contributed by atoms with Gasteiger partial charge < -0.3 is 15.3 Å². The minimum Gasteiger partial charge on any atom is -0.480 e. The molecule has 6 heteroatoms. The average Bonchev–Trinajstić information content (AvgIpc) is 2.12. The molecule has 0 fully saturated rings. The Bertz CT molecular complexity index is 252. The zero-order chi connectivity index (χ0) is 12.0. The quantitative estimate of drug-likeness (QED) is 0.575. The van der Waals surface area contributed by atoms with E-state index < -0.39 is 17.9 Å². The SMILES string of the molecule is CC(C)[C@@H](C(=O)O)N(C)C(=O)CNC=O. The van der Waals surface area contributed by atoms with Crippen LogP contribution in [0.3, 0.4) is 0 Å². The number of carbonyl (C=O) groups excluding carboxylic acids is 2. The Balaban J connectivity index is 4.49. The number of aliphatic carboxylic acids is 1. The standard InChI is InChI=1S/C9H16N2O4/c1-6(2)8(9(14)15)11(3)7(13)4-10-5-12/h5-6,8H,4H2,1-3H3,(H,10,12)(H,14,15)/t8-/m0/s1. The van der Waals surface area contributed by atoms with Gasteiger partial charge in [0, 0.05) is 7.05 Å². The van der Waals surface area contributed by atoms with E-state index in [2.05, 4.69) is 5.32 Å². The summed E-state index contributed by atoms with van der Waals surface area (Å²) in [7, 11) is 1.41. The van der Waals surface area contributed by atoms with Gasteiger partial charge >= 0.3 is 5.97 Å². The number of nitrogens with zero attached hydrogens (tertiary/aromatic N) is 1. The summed E-state index contributed by atoms with van der Waals surface area (Å²) in [4.78, 5) is 33.4. The van der Waals surface area contributed by atoms with Crippen molar-refractivity contribution in [1.29, 1.82) is 0 Å². The highest BCUT2D eigenvalue weighted by Crippen LogP contribution is 2.09. The van der Waals surface area contributed by atoms with Crippen molar-refractivity contribution in [2.45, 2.75) is 19.9 Å². The molecule has 86 valence electrons. The summed E-state index contributed by atoms with van der Waals surface area (Å²) in [6, 6.07) is -0.869.